The molecule has 5 heteroatoms. The normalized spacial score (nSPS) is 8.53. The third-order valence-corrected chi connectivity index (χ3v) is 2.00. The molecule has 5 nitrogen and oxygen atoms in total. The minimum Gasteiger partial charge on any atom is -0.506 e. The zero-order valence-corrected chi connectivity index (χ0v) is 9.62. The van der Waals surface area contributed by atoms with Crippen molar-refractivity contribution >= 4 is 17.7 Å². The summed E-state index contributed by atoms with van der Waals surface area (Å²) in [5, 5.41) is 9.92. The third kappa shape index (κ3) is 3.39. The molecule has 0 aromatic heterocycles. The summed E-state index contributed by atoms with van der Waals surface area (Å²) in [5.41, 5.74) is -0.567. The average Bonchev–Trinajstić information content (AvgIpc) is 2.40. The van der Waals surface area contributed by atoms with Crippen LogP contribution in [-0.2, 0) is 19.1 Å². The minimum atomic E-state index is -1.23. The molecule has 0 spiro atoms. The van der Waals surface area contributed by atoms with E-state index in [2.05, 4.69) is 9.47 Å². The van der Waals surface area contributed by atoms with E-state index in [4.69, 9.17) is 12.8 Å². The fraction of sp³-hybridized carbons (Fsp3) is 0. The Morgan fingerprint density at radius 3 is 1.89 bits per heavy atom. The number of ether oxygens (including phenoxy) is 2. The zero-order chi connectivity index (χ0) is 14.3. The summed E-state index contributed by atoms with van der Waals surface area (Å²) in [6.45, 7) is 0. The van der Waals surface area contributed by atoms with Gasteiger partial charge in [-0.1, -0.05) is 43.2 Å². The predicted molar refractivity (Wildman–Crippen MR) is 65.8 cm³/mol. The lowest BCUT2D eigenvalue weighted by molar-refractivity contribution is -0.140. The first kappa shape index (κ1) is 13.9. The second kappa shape index (κ2) is 6.53. The molecule has 0 fully saturated rings. The predicted octanol–water partition coefficient (Wildman–Crippen LogP) is 1.22. The lowest BCUT2D eigenvalue weighted by Crippen LogP contribution is -2.17. The highest BCUT2D eigenvalue weighted by atomic mass is 16.5. The van der Waals surface area contributed by atoms with Gasteiger partial charge in [0.15, 0.2) is 5.57 Å². The van der Waals surface area contributed by atoms with Gasteiger partial charge in [0.25, 0.3) is 0 Å². The largest absolute Gasteiger partial charge is 0.506 e. The van der Waals surface area contributed by atoms with E-state index in [1.54, 1.807) is 30.4 Å². The Kier molecular flexibility index (Phi) is 4.77. The molecule has 1 rings (SSSR count). The van der Waals surface area contributed by atoms with E-state index in [9.17, 15) is 14.7 Å². The molecule has 0 aliphatic heterocycles. The standard InChI is InChI=1S/C14H8O5/c1-3-18-13(16)11(14(17)19-4-2)12(15)10-8-6-5-7-9-10/h1-2,5-9,15H. The first-order valence-electron chi connectivity index (χ1n) is 4.94. The number of aliphatic hydroxyl groups is 1. The first-order valence-corrected chi connectivity index (χ1v) is 4.94. The van der Waals surface area contributed by atoms with Gasteiger partial charge in [0.05, 0.1) is 0 Å². The highest BCUT2D eigenvalue weighted by Gasteiger charge is 2.27. The van der Waals surface area contributed by atoms with E-state index in [-0.39, 0.29) is 5.56 Å². The van der Waals surface area contributed by atoms with Crippen LogP contribution >= 0.6 is 0 Å². The number of carbonyl (C=O) groups excluding carboxylic acids is 2. The van der Waals surface area contributed by atoms with Gasteiger partial charge in [0, 0.05) is 5.56 Å². The van der Waals surface area contributed by atoms with Crippen LogP contribution in [0, 0.1) is 25.1 Å². The van der Waals surface area contributed by atoms with Gasteiger partial charge in [0.1, 0.15) is 18.0 Å². The number of hydrogen-bond donors (Lipinski definition) is 1. The summed E-state index contributed by atoms with van der Waals surface area (Å²) in [5.74, 6) is -3.10. The molecule has 19 heavy (non-hydrogen) atoms. The maximum absolute atomic E-state index is 11.5. The molecule has 1 aromatic carbocycles. The second-order valence-electron chi connectivity index (χ2n) is 3.10. The van der Waals surface area contributed by atoms with Crippen molar-refractivity contribution in [3.63, 3.8) is 0 Å². The summed E-state index contributed by atoms with van der Waals surface area (Å²) < 4.78 is 8.43. The lowest BCUT2D eigenvalue weighted by Gasteiger charge is -2.05. The fourth-order valence-electron chi connectivity index (χ4n) is 1.23. The van der Waals surface area contributed by atoms with Gasteiger partial charge in [-0.2, -0.15) is 0 Å². The minimum absolute atomic E-state index is 0.209. The first-order chi connectivity index (χ1) is 9.11. The highest BCUT2D eigenvalue weighted by Crippen LogP contribution is 2.18. The quantitative estimate of drug-likeness (QED) is 0.220. The second-order valence-corrected chi connectivity index (χ2v) is 3.10. The van der Waals surface area contributed by atoms with Crippen molar-refractivity contribution in [2.24, 2.45) is 0 Å². The molecule has 0 aliphatic carbocycles. The van der Waals surface area contributed by atoms with Crippen LogP contribution in [0.25, 0.3) is 5.76 Å². The molecule has 94 valence electrons. The van der Waals surface area contributed by atoms with E-state index in [0.717, 1.165) is 0 Å². The Hall–Kier alpha value is -3.18. The molecule has 0 bridgehead atoms. The highest BCUT2D eigenvalue weighted by molar-refractivity contribution is 6.19. The van der Waals surface area contributed by atoms with E-state index in [0.29, 0.717) is 0 Å². The zero-order valence-electron chi connectivity index (χ0n) is 9.62. The number of aliphatic hydroxyl groups excluding tert-OH is 1. The van der Waals surface area contributed by atoms with Gasteiger partial charge < -0.3 is 14.6 Å². The van der Waals surface area contributed by atoms with Crippen LogP contribution in [0.15, 0.2) is 35.9 Å². The van der Waals surface area contributed by atoms with Crippen molar-refractivity contribution < 1.29 is 24.2 Å². The maximum atomic E-state index is 11.5. The topological polar surface area (TPSA) is 72.8 Å². The van der Waals surface area contributed by atoms with Crippen LogP contribution < -0.4 is 0 Å². The smallest absolute Gasteiger partial charge is 0.363 e. The number of carbonyl (C=O) groups is 2. The Labute approximate surface area is 109 Å². The van der Waals surface area contributed by atoms with Gasteiger partial charge in [0.2, 0.25) is 0 Å². The molecule has 0 radical (unpaired) electrons. The number of hydrogen-bond acceptors (Lipinski definition) is 5. The van der Waals surface area contributed by atoms with Gasteiger partial charge in [-0.3, -0.25) is 0 Å². The van der Waals surface area contributed by atoms with Crippen molar-refractivity contribution in [1.82, 2.24) is 0 Å². The van der Waals surface area contributed by atoms with Crippen molar-refractivity contribution in [2.75, 3.05) is 0 Å². The molecule has 0 aliphatic rings. The fourth-order valence-corrected chi connectivity index (χ4v) is 1.23. The molecule has 0 saturated carbocycles. The molecule has 0 saturated heterocycles. The van der Waals surface area contributed by atoms with E-state index in [1.165, 1.54) is 12.1 Å². The number of rotatable bonds is 3. The molecule has 1 N–H and O–H groups in total. The Morgan fingerprint density at radius 1 is 1.00 bits per heavy atom. The van der Waals surface area contributed by atoms with Crippen LogP contribution in [0.4, 0.5) is 0 Å². The summed E-state index contributed by atoms with van der Waals surface area (Å²) in [6.07, 6.45) is 12.8. The summed E-state index contributed by atoms with van der Waals surface area (Å²) >= 11 is 0. The van der Waals surface area contributed by atoms with Crippen LogP contribution in [0.2, 0.25) is 0 Å². The summed E-state index contributed by atoms with van der Waals surface area (Å²) in [4.78, 5) is 23.0. The number of esters is 2. The Bertz CT molecular complexity index is 569. The van der Waals surface area contributed by atoms with E-state index in [1.807, 2.05) is 0 Å². The van der Waals surface area contributed by atoms with Gasteiger partial charge in [-0.25, -0.2) is 9.59 Å². The monoisotopic (exact) mass is 256 g/mol. The molecule has 0 heterocycles. The van der Waals surface area contributed by atoms with Crippen molar-refractivity contribution in [1.29, 1.82) is 0 Å². The van der Waals surface area contributed by atoms with Crippen LogP contribution in [0.5, 0.6) is 0 Å². The molecular formula is C14H8O5. The van der Waals surface area contributed by atoms with E-state index < -0.39 is 23.3 Å². The van der Waals surface area contributed by atoms with Gasteiger partial charge in [-0.15, -0.1) is 0 Å². The van der Waals surface area contributed by atoms with Crippen LogP contribution in [0.3, 0.4) is 0 Å². The van der Waals surface area contributed by atoms with Crippen molar-refractivity contribution in [3.8, 4) is 25.1 Å². The molecule has 1 aromatic rings. The summed E-state index contributed by atoms with van der Waals surface area (Å²) in [7, 11) is 0. The molecular weight excluding hydrogens is 248 g/mol. The maximum Gasteiger partial charge on any atom is 0.363 e. The SMILES string of the molecule is C#COC(=O)C(C(=O)OC#C)=C(O)c1ccccc1. The molecule has 0 atom stereocenters. The van der Waals surface area contributed by atoms with E-state index >= 15 is 0 Å². The number of terminal acetylenes is 2. The van der Waals surface area contributed by atoms with Gasteiger partial charge in [-0.05, 0) is 0 Å². The molecule has 0 unspecified atom stereocenters. The Balaban J connectivity index is 3.31. The van der Waals surface area contributed by atoms with Crippen molar-refractivity contribution in [3.05, 3.63) is 41.5 Å². The van der Waals surface area contributed by atoms with Crippen LogP contribution in [0.1, 0.15) is 5.56 Å². The van der Waals surface area contributed by atoms with Crippen LogP contribution in [-0.4, -0.2) is 17.0 Å². The Morgan fingerprint density at radius 2 is 1.47 bits per heavy atom. The van der Waals surface area contributed by atoms with Crippen molar-refractivity contribution in [2.45, 2.75) is 0 Å². The third-order valence-electron chi connectivity index (χ3n) is 2.00. The molecule has 0 amide bonds. The number of benzene rings is 1. The average molecular weight is 256 g/mol. The van der Waals surface area contributed by atoms with Gasteiger partial charge >= 0.3 is 11.9 Å². The lowest BCUT2D eigenvalue weighted by atomic mass is 10.1. The summed E-state index contributed by atoms with van der Waals surface area (Å²) in [6, 6.07) is 7.84.